The van der Waals surface area contributed by atoms with Crippen molar-refractivity contribution in [1.82, 2.24) is 0 Å². The van der Waals surface area contributed by atoms with Gasteiger partial charge in [0.1, 0.15) is 19.5 Å². The first-order valence-corrected chi connectivity index (χ1v) is 8.16. The maximum absolute atomic E-state index is 6.05. The predicted octanol–water partition coefficient (Wildman–Crippen LogP) is 4.08. The molecule has 2 N–H and O–H groups in total. The van der Waals surface area contributed by atoms with Crippen molar-refractivity contribution >= 4 is 11.4 Å². The minimum absolute atomic E-state index is 0.428. The molecule has 0 saturated carbocycles. The number of rotatable bonds is 7. The lowest BCUT2D eigenvalue weighted by atomic mass is 10.0. The number of nitrogens with zero attached hydrogens (tertiary/aromatic N) is 2. The highest BCUT2D eigenvalue weighted by Gasteiger charge is 2.11. The molecule has 0 heterocycles. The van der Waals surface area contributed by atoms with E-state index in [9.17, 15) is 0 Å². The first-order chi connectivity index (χ1) is 12.1. The van der Waals surface area contributed by atoms with Crippen LogP contribution < -0.4 is 10.9 Å². The van der Waals surface area contributed by atoms with E-state index in [0.717, 1.165) is 34.7 Å². The van der Waals surface area contributed by atoms with E-state index in [1.54, 1.807) is 18.3 Å². The second kappa shape index (κ2) is 9.49. The van der Waals surface area contributed by atoms with Gasteiger partial charge in [-0.3, -0.25) is 5.01 Å². The van der Waals surface area contributed by atoms with E-state index >= 15 is 0 Å². The molecule has 0 atom stereocenters. The fourth-order valence-electron chi connectivity index (χ4n) is 2.46. The SMILES string of the molecule is CO/N=C(\C)C1=CCC=CC=C1CO/C(C)=C/N(N)c1ccccc1. The molecule has 0 unspecified atom stereocenters. The largest absolute Gasteiger partial charge is 0.492 e. The van der Waals surface area contributed by atoms with E-state index in [1.807, 2.05) is 56.3 Å². The van der Waals surface area contributed by atoms with Gasteiger partial charge >= 0.3 is 0 Å². The second-order valence-corrected chi connectivity index (χ2v) is 5.60. The number of benzene rings is 1. The fourth-order valence-corrected chi connectivity index (χ4v) is 2.46. The molecule has 0 bridgehead atoms. The molecule has 0 aliphatic heterocycles. The maximum atomic E-state index is 6.05. The van der Waals surface area contributed by atoms with Gasteiger partial charge in [-0.2, -0.15) is 0 Å². The summed E-state index contributed by atoms with van der Waals surface area (Å²) in [6.07, 6.45) is 10.9. The van der Waals surface area contributed by atoms with Gasteiger partial charge in [-0.15, -0.1) is 0 Å². The molecule has 1 aromatic carbocycles. The molecule has 0 amide bonds. The Morgan fingerprint density at radius 3 is 2.76 bits per heavy atom. The van der Waals surface area contributed by atoms with Crippen molar-refractivity contribution in [2.45, 2.75) is 20.3 Å². The van der Waals surface area contributed by atoms with Crippen molar-refractivity contribution < 1.29 is 9.57 Å². The summed E-state index contributed by atoms with van der Waals surface area (Å²) in [5.41, 5.74) is 3.80. The number of oxime groups is 1. The molecule has 0 aromatic heterocycles. The van der Waals surface area contributed by atoms with Gasteiger partial charge in [-0.05, 0) is 38.0 Å². The Morgan fingerprint density at radius 1 is 1.28 bits per heavy atom. The molecular formula is C20H25N3O2. The Labute approximate surface area is 149 Å². The molecule has 132 valence electrons. The molecule has 2 rings (SSSR count). The first-order valence-electron chi connectivity index (χ1n) is 8.16. The number of anilines is 1. The summed E-state index contributed by atoms with van der Waals surface area (Å²) >= 11 is 0. The normalized spacial score (nSPS) is 15.2. The number of nitrogens with two attached hydrogens (primary N) is 1. The number of ether oxygens (including phenoxy) is 1. The summed E-state index contributed by atoms with van der Waals surface area (Å²) < 4.78 is 5.89. The number of hydrogen-bond acceptors (Lipinski definition) is 5. The van der Waals surface area contributed by atoms with Crippen LogP contribution in [-0.4, -0.2) is 19.4 Å². The van der Waals surface area contributed by atoms with Crippen molar-refractivity contribution in [3.05, 3.63) is 77.7 Å². The standard InChI is InChI=1S/C20H25N3O2/c1-16(14-23(21)19-11-7-5-8-12-19)25-15-18-10-6-4-9-13-20(18)17(2)22-24-3/h4-8,10-14H,9,15,21H2,1-3H3/b16-14+,22-17+. The Balaban J connectivity index is 2.05. The van der Waals surface area contributed by atoms with Crippen LogP contribution in [0.15, 0.2) is 82.9 Å². The zero-order valence-electron chi connectivity index (χ0n) is 15.0. The molecule has 5 heteroatoms. The lowest BCUT2D eigenvalue weighted by Gasteiger charge is -2.17. The number of allylic oxidation sites excluding steroid dienone is 5. The van der Waals surface area contributed by atoms with Crippen LogP contribution in [0.5, 0.6) is 0 Å². The molecular weight excluding hydrogens is 314 g/mol. The van der Waals surface area contributed by atoms with Crippen molar-refractivity contribution in [1.29, 1.82) is 0 Å². The maximum Gasteiger partial charge on any atom is 0.114 e. The highest BCUT2D eigenvalue weighted by molar-refractivity contribution is 6.02. The van der Waals surface area contributed by atoms with Gasteiger partial charge in [0.2, 0.25) is 0 Å². The monoisotopic (exact) mass is 339 g/mol. The van der Waals surface area contributed by atoms with Gasteiger partial charge < -0.3 is 9.57 Å². The Morgan fingerprint density at radius 2 is 2.04 bits per heavy atom. The summed E-state index contributed by atoms with van der Waals surface area (Å²) in [4.78, 5) is 4.90. The zero-order valence-corrected chi connectivity index (χ0v) is 15.0. The molecule has 0 radical (unpaired) electrons. The summed E-state index contributed by atoms with van der Waals surface area (Å²) in [5, 5.41) is 5.58. The van der Waals surface area contributed by atoms with Gasteiger partial charge in [0.15, 0.2) is 0 Å². The van der Waals surface area contributed by atoms with E-state index in [-0.39, 0.29) is 0 Å². The van der Waals surface area contributed by atoms with Crippen LogP contribution in [0, 0.1) is 0 Å². The number of para-hydroxylation sites is 1. The van der Waals surface area contributed by atoms with Gasteiger partial charge in [0.05, 0.1) is 17.6 Å². The Kier molecular flexibility index (Phi) is 7.04. The topological polar surface area (TPSA) is 60.1 Å². The predicted molar refractivity (Wildman–Crippen MR) is 103 cm³/mol. The average Bonchev–Trinajstić information content (AvgIpc) is 2.86. The van der Waals surface area contributed by atoms with Crippen LogP contribution in [0.2, 0.25) is 0 Å². The molecule has 25 heavy (non-hydrogen) atoms. The summed E-state index contributed by atoms with van der Waals surface area (Å²) in [6.45, 7) is 4.24. The van der Waals surface area contributed by atoms with E-state index in [2.05, 4.69) is 17.3 Å². The van der Waals surface area contributed by atoms with E-state index in [1.165, 1.54) is 0 Å². The second-order valence-electron chi connectivity index (χ2n) is 5.60. The lowest BCUT2D eigenvalue weighted by Crippen LogP contribution is -2.24. The smallest absolute Gasteiger partial charge is 0.114 e. The van der Waals surface area contributed by atoms with Crippen molar-refractivity contribution in [2.75, 3.05) is 18.7 Å². The van der Waals surface area contributed by atoms with Crippen LogP contribution in [0.4, 0.5) is 5.69 Å². The lowest BCUT2D eigenvalue weighted by molar-refractivity contribution is 0.213. The van der Waals surface area contributed by atoms with Gasteiger partial charge in [-0.1, -0.05) is 47.7 Å². The van der Waals surface area contributed by atoms with Crippen LogP contribution in [0.25, 0.3) is 0 Å². The van der Waals surface area contributed by atoms with Crippen LogP contribution in [-0.2, 0) is 9.57 Å². The average molecular weight is 339 g/mol. The molecule has 1 aliphatic rings. The molecule has 1 aromatic rings. The molecule has 5 nitrogen and oxygen atoms in total. The molecule has 0 saturated heterocycles. The van der Waals surface area contributed by atoms with E-state index < -0.39 is 0 Å². The minimum Gasteiger partial charge on any atom is -0.492 e. The Hall–Kier alpha value is -2.79. The van der Waals surface area contributed by atoms with E-state index in [4.69, 9.17) is 15.4 Å². The fraction of sp³-hybridized carbons (Fsp3) is 0.250. The van der Waals surface area contributed by atoms with Crippen molar-refractivity contribution in [2.24, 2.45) is 11.0 Å². The first kappa shape index (κ1) is 18.5. The quantitative estimate of drug-likeness (QED) is 0.352. The zero-order chi connectivity index (χ0) is 18.1. The van der Waals surface area contributed by atoms with Gasteiger partial charge in [0.25, 0.3) is 0 Å². The third-order valence-corrected chi connectivity index (χ3v) is 3.69. The Bertz CT molecular complexity index is 716. The summed E-state index contributed by atoms with van der Waals surface area (Å²) in [5.74, 6) is 6.77. The molecule has 1 aliphatic carbocycles. The van der Waals surface area contributed by atoms with Crippen LogP contribution in [0.3, 0.4) is 0 Å². The number of hydrogen-bond donors (Lipinski definition) is 1. The highest BCUT2D eigenvalue weighted by atomic mass is 16.6. The van der Waals surface area contributed by atoms with Crippen molar-refractivity contribution in [3.8, 4) is 0 Å². The highest BCUT2D eigenvalue weighted by Crippen LogP contribution is 2.19. The van der Waals surface area contributed by atoms with E-state index in [0.29, 0.717) is 6.61 Å². The van der Waals surface area contributed by atoms with Crippen molar-refractivity contribution in [3.63, 3.8) is 0 Å². The number of hydrazine groups is 1. The van der Waals surface area contributed by atoms with Crippen LogP contribution in [0.1, 0.15) is 20.3 Å². The minimum atomic E-state index is 0.428. The molecule has 0 fully saturated rings. The third-order valence-electron chi connectivity index (χ3n) is 3.69. The summed E-state index contributed by atoms with van der Waals surface area (Å²) in [7, 11) is 1.55. The van der Waals surface area contributed by atoms with Gasteiger partial charge in [-0.25, -0.2) is 5.84 Å². The van der Waals surface area contributed by atoms with Crippen LogP contribution >= 0.6 is 0 Å². The molecule has 0 spiro atoms. The summed E-state index contributed by atoms with van der Waals surface area (Å²) in [6, 6.07) is 9.71. The third kappa shape index (κ3) is 5.65. The van der Waals surface area contributed by atoms with Gasteiger partial charge in [0, 0.05) is 5.57 Å².